The highest BCUT2D eigenvalue weighted by atomic mass is 16.7. The molecule has 162 valence electrons. The molecule has 8 heteroatoms. The van der Waals surface area contributed by atoms with Crippen molar-refractivity contribution in [3.8, 4) is 0 Å². The zero-order valence-corrected chi connectivity index (χ0v) is 17.6. The third-order valence-electron chi connectivity index (χ3n) is 5.68. The summed E-state index contributed by atoms with van der Waals surface area (Å²) in [5, 5.41) is 3.98. The number of fused-ring (bicyclic) bond motifs is 1. The third kappa shape index (κ3) is 4.89. The summed E-state index contributed by atoms with van der Waals surface area (Å²) in [6.07, 6.45) is -1.21. The standard InChI is InChI=1S/C23H26N4O4/c1-23(2)29-15-19-21(31-23)20(30-22(28)17-11-7-4-8-12-17)18(25-26-24)14-27(19)13-16-9-5-3-6-10-16/h3-12,18-21H,13-15H2,1-2H3/t18-,19+,20+,21+/m0/s1. The van der Waals surface area contributed by atoms with Gasteiger partial charge in [0, 0.05) is 18.0 Å². The number of nitrogens with zero attached hydrogens (tertiary/aromatic N) is 4. The van der Waals surface area contributed by atoms with E-state index in [1.807, 2.05) is 50.2 Å². The first kappa shape index (κ1) is 21.3. The van der Waals surface area contributed by atoms with E-state index in [0.29, 0.717) is 25.3 Å². The Labute approximate surface area is 181 Å². The van der Waals surface area contributed by atoms with Crippen LogP contribution in [0.4, 0.5) is 0 Å². The molecule has 0 aliphatic carbocycles. The van der Waals surface area contributed by atoms with E-state index in [-0.39, 0.29) is 6.04 Å². The molecular formula is C23H26N4O4. The van der Waals surface area contributed by atoms with Gasteiger partial charge in [-0.25, -0.2) is 4.79 Å². The molecule has 2 heterocycles. The Morgan fingerprint density at radius 1 is 1.19 bits per heavy atom. The summed E-state index contributed by atoms with van der Waals surface area (Å²) in [6, 6.07) is 18.1. The number of azide groups is 1. The fourth-order valence-electron chi connectivity index (χ4n) is 4.20. The Kier molecular flexibility index (Phi) is 6.25. The molecule has 2 aromatic carbocycles. The minimum absolute atomic E-state index is 0.146. The van der Waals surface area contributed by atoms with Crippen LogP contribution in [0.1, 0.15) is 29.8 Å². The molecule has 0 saturated carbocycles. The summed E-state index contributed by atoms with van der Waals surface area (Å²) < 4.78 is 18.1. The normalized spacial score (nSPS) is 27.5. The topological polar surface area (TPSA) is 96.8 Å². The minimum Gasteiger partial charge on any atom is -0.455 e. The number of ether oxygens (including phenoxy) is 3. The van der Waals surface area contributed by atoms with Crippen LogP contribution in [0.3, 0.4) is 0 Å². The number of hydrogen-bond acceptors (Lipinski definition) is 6. The molecule has 2 aliphatic rings. The second-order valence-corrected chi connectivity index (χ2v) is 8.28. The van der Waals surface area contributed by atoms with Gasteiger partial charge in [-0.3, -0.25) is 4.90 Å². The van der Waals surface area contributed by atoms with Crippen LogP contribution in [0.2, 0.25) is 0 Å². The van der Waals surface area contributed by atoms with Crippen LogP contribution in [0.5, 0.6) is 0 Å². The fraction of sp³-hybridized carbons (Fsp3) is 0.435. The maximum absolute atomic E-state index is 12.8. The van der Waals surface area contributed by atoms with Gasteiger partial charge in [-0.15, -0.1) is 0 Å². The van der Waals surface area contributed by atoms with Gasteiger partial charge in [0.2, 0.25) is 0 Å². The lowest BCUT2D eigenvalue weighted by Gasteiger charge is -2.52. The van der Waals surface area contributed by atoms with Crippen LogP contribution in [-0.4, -0.2) is 54.1 Å². The second-order valence-electron chi connectivity index (χ2n) is 8.28. The molecule has 0 N–H and O–H groups in total. The van der Waals surface area contributed by atoms with Gasteiger partial charge in [0.1, 0.15) is 12.2 Å². The highest BCUT2D eigenvalue weighted by molar-refractivity contribution is 5.89. The first-order valence-corrected chi connectivity index (χ1v) is 10.4. The molecule has 8 nitrogen and oxygen atoms in total. The van der Waals surface area contributed by atoms with Crippen molar-refractivity contribution in [2.24, 2.45) is 5.11 Å². The number of hydrogen-bond donors (Lipinski definition) is 0. The molecule has 0 spiro atoms. The van der Waals surface area contributed by atoms with Crippen LogP contribution in [0, 0.1) is 0 Å². The molecule has 31 heavy (non-hydrogen) atoms. The lowest BCUT2D eigenvalue weighted by atomic mass is 9.90. The van der Waals surface area contributed by atoms with Gasteiger partial charge >= 0.3 is 5.97 Å². The predicted molar refractivity (Wildman–Crippen MR) is 114 cm³/mol. The van der Waals surface area contributed by atoms with Gasteiger partial charge in [-0.1, -0.05) is 53.6 Å². The monoisotopic (exact) mass is 422 g/mol. The Hall–Kier alpha value is -2.90. The Bertz CT molecular complexity index is 947. The zero-order chi connectivity index (χ0) is 21.8. The van der Waals surface area contributed by atoms with E-state index in [1.165, 1.54) is 0 Å². The number of carbonyl (C=O) groups is 1. The number of piperidine rings is 1. The molecule has 2 fully saturated rings. The summed E-state index contributed by atoms with van der Waals surface area (Å²) >= 11 is 0. The van der Waals surface area contributed by atoms with Crippen molar-refractivity contribution < 1.29 is 19.0 Å². The number of benzene rings is 2. The van der Waals surface area contributed by atoms with Crippen molar-refractivity contribution in [1.82, 2.24) is 4.90 Å². The number of carbonyl (C=O) groups excluding carboxylic acids is 1. The van der Waals surface area contributed by atoms with E-state index in [2.05, 4.69) is 14.9 Å². The molecule has 2 aliphatic heterocycles. The van der Waals surface area contributed by atoms with Crippen molar-refractivity contribution in [2.45, 2.75) is 50.5 Å². The molecule has 2 aromatic rings. The minimum atomic E-state index is -0.838. The summed E-state index contributed by atoms with van der Waals surface area (Å²) in [4.78, 5) is 18.0. The van der Waals surface area contributed by atoms with Crippen molar-refractivity contribution in [3.63, 3.8) is 0 Å². The molecule has 2 saturated heterocycles. The first-order valence-electron chi connectivity index (χ1n) is 10.4. The average molecular weight is 422 g/mol. The summed E-state index contributed by atoms with van der Waals surface area (Å²) in [7, 11) is 0. The van der Waals surface area contributed by atoms with E-state index in [9.17, 15) is 10.3 Å². The summed E-state index contributed by atoms with van der Waals surface area (Å²) in [6.45, 7) is 5.16. The Morgan fingerprint density at radius 3 is 2.55 bits per heavy atom. The number of likely N-dealkylation sites (tertiary alicyclic amines) is 1. The van der Waals surface area contributed by atoms with E-state index < -0.39 is 30.0 Å². The molecule has 0 unspecified atom stereocenters. The van der Waals surface area contributed by atoms with Crippen molar-refractivity contribution in [3.05, 3.63) is 82.2 Å². The zero-order valence-electron chi connectivity index (χ0n) is 17.6. The van der Waals surface area contributed by atoms with Gasteiger partial charge in [0.15, 0.2) is 5.79 Å². The Balaban J connectivity index is 1.63. The lowest BCUT2D eigenvalue weighted by molar-refractivity contribution is -0.318. The largest absolute Gasteiger partial charge is 0.455 e. The molecule has 0 radical (unpaired) electrons. The quantitative estimate of drug-likeness (QED) is 0.315. The van der Waals surface area contributed by atoms with Crippen LogP contribution in [-0.2, 0) is 20.8 Å². The van der Waals surface area contributed by atoms with Crippen LogP contribution < -0.4 is 0 Å². The highest BCUT2D eigenvalue weighted by Crippen LogP contribution is 2.35. The highest BCUT2D eigenvalue weighted by Gasteiger charge is 2.51. The van der Waals surface area contributed by atoms with E-state index in [4.69, 9.17) is 14.2 Å². The van der Waals surface area contributed by atoms with Gasteiger partial charge in [0.05, 0.1) is 24.3 Å². The van der Waals surface area contributed by atoms with Gasteiger partial charge in [-0.05, 0) is 37.1 Å². The maximum atomic E-state index is 12.8. The number of esters is 1. The van der Waals surface area contributed by atoms with E-state index >= 15 is 0 Å². The van der Waals surface area contributed by atoms with Gasteiger partial charge < -0.3 is 14.2 Å². The van der Waals surface area contributed by atoms with E-state index in [0.717, 1.165) is 5.56 Å². The molecule has 4 rings (SSSR count). The molecule has 0 bridgehead atoms. The third-order valence-corrected chi connectivity index (χ3v) is 5.68. The smallest absolute Gasteiger partial charge is 0.338 e. The molecule has 0 amide bonds. The van der Waals surface area contributed by atoms with Crippen LogP contribution >= 0.6 is 0 Å². The van der Waals surface area contributed by atoms with Crippen molar-refractivity contribution in [2.75, 3.05) is 13.2 Å². The van der Waals surface area contributed by atoms with Crippen LogP contribution in [0.25, 0.3) is 10.4 Å². The molecule has 0 aromatic heterocycles. The SMILES string of the molecule is CC1(C)OC[C@@H]2[C@@H](O1)[C@H](OC(=O)c1ccccc1)[C@@H](N=[N+]=[N-])CN2Cc1ccccc1. The fourth-order valence-corrected chi connectivity index (χ4v) is 4.20. The molecular weight excluding hydrogens is 396 g/mol. The maximum Gasteiger partial charge on any atom is 0.338 e. The van der Waals surface area contributed by atoms with Crippen molar-refractivity contribution >= 4 is 5.97 Å². The summed E-state index contributed by atoms with van der Waals surface area (Å²) in [5.74, 6) is -1.30. The van der Waals surface area contributed by atoms with Gasteiger partial charge in [-0.2, -0.15) is 0 Å². The molecule has 4 atom stereocenters. The Morgan fingerprint density at radius 2 is 1.87 bits per heavy atom. The average Bonchev–Trinajstić information content (AvgIpc) is 2.77. The van der Waals surface area contributed by atoms with Gasteiger partial charge in [0.25, 0.3) is 0 Å². The summed E-state index contributed by atoms with van der Waals surface area (Å²) in [5.41, 5.74) is 10.8. The first-order chi connectivity index (χ1) is 15.0. The number of rotatable bonds is 5. The lowest BCUT2D eigenvalue weighted by Crippen LogP contribution is -2.67. The predicted octanol–water partition coefficient (Wildman–Crippen LogP) is 3.93. The van der Waals surface area contributed by atoms with Crippen LogP contribution in [0.15, 0.2) is 65.8 Å². The second kappa shape index (κ2) is 9.08. The van der Waals surface area contributed by atoms with E-state index in [1.54, 1.807) is 24.3 Å². The van der Waals surface area contributed by atoms with Crippen molar-refractivity contribution in [1.29, 1.82) is 0 Å².